The van der Waals surface area contributed by atoms with E-state index in [0.717, 1.165) is 5.56 Å². The summed E-state index contributed by atoms with van der Waals surface area (Å²) in [7, 11) is 0. The standard InChI is InChI=1S/C11H15N3O/c12-10(13)7-9(11(14)15)6-8-4-2-1-3-5-8/h1-5,9H,6-7H2,(H3,12,13)(H2,14,15). The second-order valence-electron chi connectivity index (χ2n) is 3.52. The van der Waals surface area contributed by atoms with Gasteiger partial charge >= 0.3 is 0 Å². The molecule has 0 saturated carbocycles. The van der Waals surface area contributed by atoms with Crippen LogP contribution in [0.3, 0.4) is 0 Å². The molecule has 4 heteroatoms. The molecule has 0 radical (unpaired) electrons. The number of rotatable bonds is 5. The zero-order chi connectivity index (χ0) is 11.3. The molecule has 80 valence electrons. The van der Waals surface area contributed by atoms with Gasteiger partial charge in [-0.25, -0.2) is 0 Å². The van der Waals surface area contributed by atoms with Crippen LogP contribution in [0.25, 0.3) is 0 Å². The predicted octanol–water partition coefficient (Wildman–Crippen LogP) is 0.657. The van der Waals surface area contributed by atoms with Gasteiger partial charge in [0.2, 0.25) is 5.91 Å². The van der Waals surface area contributed by atoms with E-state index >= 15 is 0 Å². The molecule has 0 fully saturated rings. The van der Waals surface area contributed by atoms with E-state index in [2.05, 4.69) is 0 Å². The van der Waals surface area contributed by atoms with Crippen molar-refractivity contribution >= 4 is 11.7 Å². The summed E-state index contributed by atoms with van der Waals surface area (Å²) < 4.78 is 0. The molecule has 1 aromatic carbocycles. The van der Waals surface area contributed by atoms with Gasteiger partial charge in [0.1, 0.15) is 0 Å². The number of hydrogen-bond donors (Lipinski definition) is 3. The molecule has 1 aromatic rings. The second kappa shape index (κ2) is 5.14. The molecule has 0 spiro atoms. The number of amides is 1. The summed E-state index contributed by atoms with van der Waals surface area (Å²) >= 11 is 0. The largest absolute Gasteiger partial charge is 0.388 e. The van der Waals surface area contributed by atoms with Crippen LogP contribution in [-0.4, -0.2) is 11.7 Å². The van der Waals surface area contributed by atoms with E-state index in [-0.39, 0.29) is 18.2 Å². The molecular formula is C11H15N3O. The van der Waals surface area contributed by atoms with Crippen LogP contribution in [0.1, 0.15) is 12.0 Å². The fourth-order valence-electron chi connectivity index (χ4n) is 1.44. The number of carbonyl (C=O) groups is 1. The van der Waals surface area contributed by atoms with Crippen LogP contribution in [0.15, 0.2) is 30.3 Å². The van der Waals surface area contributed by atoms with E-state index < -0.39 is 5.91 Å². The Kier molecular flexibility index (Phi) is 3.85. The van der Waals surface area contributed by atoms with Crippen molar-refractivity contribution in [2.75, 3.05) is 0 Å². The Balaban J connectivity index is 2.67. The molecule has 1 unspecified atom stereocenters. The molecule has 1 rings (SSSR count). The Hall–Kier alpha value is -1.84. The van der Waals surface area contributed by atoms with Crippen LogP contribution < -0.4 is 11.5 Å². The molecule has 4 nitrogen and oxygen atoms in total. The molecule has 5 N–H and O–H groups in total. The smallest absolute Gasteiger partial charge is 0.221 e. The lowest BCUT2D eigenvalue weighted by Gasteiger charge is -2.11. The van der Waals surface area contributed by atoms with E-state index in [1.807, 2.05) is 30.3 Å². The second-order valence-corrected chi connectivity index (χ2v) is 3.52. The highest BCUT2D eigenvalue weighted by atomic mass is 16.1. The molecule has 1 amide bonds. The highest BCUT2D eigenvalue weighted by molar-refractivity contribution is 5.85. The zero-order valence-electron chi connectivity index (χ0n) is 8.44. The lowest BCUT2D eigenvalue weighted by atomic mass is 9.95. The number of nitrogens with two attached hydrogens (primary N) is 2. The minimum Gasteiger partial charge on any atom is -0.388 e. The van der Waals surface area contributed by atoms with E-state index in [9.17, 15) is 4.79 Å². The summed E-state index contributed by atoms with van der Waals surface area (Å²) in [6.45, 7) is 0. The maximum Gasteiger partial charge on any atom is 0.221 e. The van der Waals surface area contributed by atoms with Crippen molar-refractivity contribution in [1.29, 1.82) is 5.41 Å². The fraction of sp³-hybridized carbons (Fsp3) is 0.273. The fourth-order valence-corrected chi connectivity index (χ4v) is 1.44. The average molecular weight is 205 g/mol. The predicted molar refractivity (Wildman–Crippen MR) is 59.4 cm³/mol. The first-order valence-corrected chi connectivity index (χ1v) is 4.75. The van der Waals surface area contributed by atoms with Crippen molar-refractivity contribution < 1.29 is 4.79 Å². The van der Waals surface area contributed by atoms with Gasteiger partial charge in [0.05, 0.1) is 5.84 Å². The van der Waals surface area contributed by atoms with Gasteiger partial charge in [0.25, 0.3) is 0 Å². The number of nitrogens with one attached hydrogen (secondary N) is 1. The summed E-state index contributed by atoms with van der Waals surface area (Å²) in [5.41, 5.74) is 11.5. The molecule has 0 saturated heterocycles. The maximum atomic E-state index is 11.1. The summed E-state index contributed by atoms with van der Waals surface area (Å²) in [6, 6.07) is 9.57. The topological polar surface area (TPSA) is 93.0 Å². The highest BCUT2D eigenvalue weighted by Gasteiger charge is 2.16. The van der Waals surface area contributed by atoms with Gasteiger partial charge in [-0.3, -0.25) is 10.2 Å². The Morgan fingerprint density at radius 3 is 2.33 bits per heavy atom. The SMILES string of the molecule is N=C(N)CC(Cc1ccccc1)C(N)=O. The van der Waals surface area contributed by atoms with E-state index in [1.54, 1.807) is 0 Å². The minimum atomic E-state index is -0.408. The van der Waals surface area contributed by atoms with Crippen molar-refractivity contribution in [3.8, 4) is 0 Å². The van der Waals surface area contributed by atoms with Gasteiger partial charge in [-0.05, 0) is 12.0 Å². The van der Waals surface area contributed by atoms with E-state index in [1.165, 1.54) is 0 Å². The molecule has 0 aliphatic carbocycles. The molecule has 0 aliphatic heterocycles. The van der Waals surface area contributed by atoms with Gasteiger partial charge in [-0.15, -0.1) is 0 Å². The third kappa shape index (κ3) is 3.81. The zero-order valence-corrected chi connectivity index (χ0v) is 8.44. The first kappa shape index (κ1) is 11.2. The lowest BCUT2D eigenvalue weighted by molar-refractivity contribution is -0.121. The molecule has 0 aromatic heterocycles. The summed E-state index contributed by atoms with van der Waals surface area (Å²) in [4.78, 5) is 11.1. The van der Waals surface area contributed by atoms with E-state index in [4.69, 9.17) is 16.9 Å². The number of carbonyl (C=O) groups excluding carboxylic acids is 1. The Morgan fingerprint density at radius 1 is 1.27 bits per heavy atom. The minimum absolute atomic E-state index is 0.00488. The average Bonchev–Trinajstić information content (AvgIpc) is 2.17. The van der Waals surface area contributed by atoms with Crippen molar-refractivity contribution in [2.24, 2.45) is 17.4 Å². The molecule has 1 atom stereocenters. The van der Waals surface area contributed by atoms with Crippen molar-refractivity contribution in [1.82, 2.24) is 0 Å². The molecule has 15 heavy (non-hydrogen) atoms. The third-order valence-corrected chi connectivity index (χ3v) is 2.19. The van der Waals surface area contributed by atoms with Crippen LogP contribution in [0, 0.1) is 11.3 Å². The quantitative estimate of drug-likeness (QED) is 0.486. The number of amidine groups is 1. The van der Waals surface area contributed by atoms with Crippen molar-refractivity contribution in [3.63, 3.8) is 0 Å². The van der Waals surface area contributed by atoms with Crippen LogP contribution in [0.2, 0.25) is 0 Å². The van der Waals surface area contributed by atoms with E-state index in [0.29, 0.717) is 6.42 Å². The van der Waals surface area contributed by atoms with Crippen molar-refractivity contribution in [2.45, 2.75) is 12.8 Å². The first-order chi connectivity index (χ1) is 7.09. The van der Waals surface area contributed by atoms with Crippen LogP contribution in [0.4, 0.5) is 0 Å². The molecule has 0 heterocycles. The molecular weight excluding hydrogens is 190 g/mol. The number of benzene rings is 1. The Labute approximate surface area is 88.8 Å². The normalized spacial score (nSPS) is 12.0. The van der Waals surface area contributed by atoms with Gasteiger partial charge in [0, 0.05) is 12.3 Å². The summed E-state index contributed by atoms with van der Waals surface area (Å²) in [6.07, 6.45) is 0.764. The van der Waals surface area contributed by atoms with Crippen LogP contribution >= 0.6 is 0 Å². The molecule has 0 aliphatic rings. The van der Waals surface area contributed by atoms with Crippen molar-refractivity contribution in [3.05, 3.63) is 35.9 Å². The number of primary amides is 1. The third-order valence-electron chi connectivity index (χ3n) is 2.19. The first-order valence-electron chi connectivity index (χ1n) is 4.75. The van der Waals surface area contributed by atoms with Crippen LogP contribution in [0.5, 0.6) is 0 Å². The monoisotopic (exact) mass is 205 g/mol. The Bertz CT molecular complexity index is 348. The van der Waals surface area contributed by atoms with Gasteiger partial charge in [0.15, 0.2) is 0 Å². The summed E-state index contributed by atoms with van der Waals surface area (Å²) in [5.74, 6) is -0.798. The van der Waals surface area contributed by atoms with Gasteiger partial charge < -0.3 is 11.5 Å². The molecule has 0 bridgehead atoms. The maximum absolute atomic E-state index is 11.1. The Morgan fingerprint density at radius 2 is 1.87 bits per heavy atom. The van der Waals surface area contributed by atoms with Gasteiger partial charge in [-0.1, -0.05) is 30.3 Å². The highest BCUT2D eigenvalue weighted by Crippen LogP contribution is 2.11. The number of hydrogen-bond acceptors (Lipinski definition) is 2. The lowest BCUT2D eigenvalue weighted by Crippen LogP contribution is -2.29. The summed E-state index contributed by atoms with van der Waals surface area (Å²) in [5, 5.41) is 7.15. The van der Waals surface area contributed by atoms with Crippen LogP contribution in [-0.2, 0) is 11.2 Å². The van der Waals surface area contributed by atoms with Gasteiger partial charge in [-0.2, -0.15) is 0 Å².